The smallest absolute Gasteiger partial charge is 0.142 e. The highest BCUT2D eigenvalue weighted by molar-refractivity contribution is 9.08. The number of aromatic nitrogens is 3. The average molecular weight is 266 g/mol. The number of aryl methyl sites for hydroxylation is 1. The molecule has 0 spiro atoms. The van der Waals surface area contributed by atoms with E-state index < -0.39 is 0 Å². The van der Waals surface area contributed by atoms with Crippen LogP contribution < -0.4 is 0 Å². The summed E-state index contributed by atoms with van der Waals surface area (Å²) in [5.41, 5.74) is 3.34. The highest BCUT2D eigenvalue weighted by atomic mass is 79.9. The van der Waals surface area contributed by atoms with Gasteiger partial charge in [-0.25, -0.2) is 9.97 Å². The Labute approximate surface area is 97.3 Å². The number of imidazole rings is 1. The largest absolute Gasteiger partial charge is 0.287 e. The Hall–Kier alpha value is -1.16. The molecule has 2 aromatic heterocycles. The summed E-state index contributed by atoms with van der Waals surface area (Å²) in [7, 11) is 0. The topological polar surface area (TPSA) is 30.7 Å². The maximum absolute atomic E-state index is 4.39. The Kier molecular flexibility index (Phi) is 2.86. The van der Waals surface area contributed by atoms with Gasteiger partial charge in [-0.15, -0.1) is 0 Å². The van der Waals surface area contributed by atoms with Gasteiger partial charge in [-0.1, -0.05) is 22.0 Å². The Bertz CT molecular complexity index is 476. The van der Waals surface area contributed by atoms with Crippen molar-refractivity contribution >= 4 is 15.9 Å². The summed E-state index contributed by atoms with van der Waals surface area (Å²) in [6.45, 7) is 4.05. The van der Waals surface area contributed by atoms with Crippen molar-refractivity contribution in [1.29, 1.82) is 0 Å². The number of alkyl halides is 1. The van der Waals surface area contributed by atoms with Gasteiger partial charge in [0.15, 0.2) is 0 Å². The standard InChI is InChI=1S/C11H12BrN3/c1-8-9(2)15(7-14-8)11-10(6-12)4-3-5-13-11/h3-5,7H,6H2,1-2H3. The van der Waals surface area contributed by atoms with Crippen LogP contribution in [-0.4, -0.2) is 14.5 Å². The van der Waals surface area contributed by atoms with Gasteiger partial charge >= 0.3 is 0 Å². The molecule has 2 aromatic rings. The van der Waals surface area contributed by atoms with Crippen molar-refractivity contribution in [2.75, 3.05) is 0 Å². The first kappa shape index (κ1) is 10.4. The lowest BCUT2D eigenvalue weighted by Crippen LogP contribution is -2.02. The molecular formula is C11H12BrN3. The predicted octanol–water partition coefficient (Wildman–Crippen LogP) is 2.78. The molecule has 4 heteroatoms. The second kappa shape index (κ2) is 4.14. The first-order chi connectivity index (χ1) is 7.24. The minimum absolute atomic E-state index is 0.798. The maximum atomic E-state index is 4.39. The van der Waals surface area contributed by atoms with E-state index in [9.17, 15) is 0 Å². The number of hydrogen-bond acceptors (Lipinski definition) is 2. The monoisotopic (exact) mass is 265 g/mol. The fraction of sp³-hybridized carbons (Fsp3) is 0.273. The normalized spacial score (nSPS) is 10.6. The molecule has 0 atom stereocenters. The summed E-state index contributed by atoms with van der Waals surface area (Å²) in [5.74, 6) is 0.951. The molecule has 78 valence electrons. The second-order valence-corrected chi connectivity index (χ2v) is 3.97. The van der Waals surface area contributed by atoms with Gasteiger partial charge in [0.05, 0.1) is 5.69 Å². The van der Waals surface area contributed by atoms with Crippen molar-refractivity contribution in [1.82, 2.24) is 14.5 Å². The molecule has 0 aromatic carbocycles. The van der Waals surface area contributed by atoms with Crippen LogP contribution >= 0.6 is 15.9 Å². The zero-order chi connectivity index (χ0) is 10.8. The van der Waals surface area contributed by atoms with Gasteiger partial charge in [-0.2, -0.15) is 0 Å². The molecule has 0 fully saturated rings. The van der Waals surface area contributed by atoms with Crippen LogP contribution in [0.15, 0.2) is 24.7 Å². The summed E-state index contributed by atoms with van der Waals surface area (Å²) in [5, 5.41) is 0.798. The van der Waals surface area contributed by atoms with Crippen LogP contribution in [0, 0.1) is 13.8 Å². The lowest BCUT2D eigenvalue weighted by Gasteiger charge is -2.08. The summed E-state index contributed by atoms with van der Waals surface area (Å²) >= 11 is 3.46. The van der Waals surface area contributed by atoms with E-state index in [1.54, 1.807) is 6.20 Å². The fourth-order valence-electron chi connectivity index (χ4n) is 1.46. The van der Waals surface area contributed by atoms with Crippen LogP contribution in [0.3, 0.4) is 0 Å². The Morgan fingerprint density at radius 3 is 2.73 bits per heavy atom. The van der Waals surface area contributed by atoms with Crippen molar-refractivity contribution in [2.45, 2.75) is 19.2 Å². The summed E-state index contributed by atoms with van der Waals surface area (Å²) in [6.07, 6.45) is 3.62. The fourth-order valence-corrected chi connectivity index (χ4v) is 1.90. The number of nitrogens with zero attached hydrogens (tertiary/aromatic N) is 3. The molecule has 2 rings (SSSR count). The molecule has 0 aliphatic heterocycles. The van der Waals surface area contributed by atoms with Gasteiger partial charge in [-0.3, -0.25) is 4.57 Å². The minimum atomic E-state index is 0.798. The van der Waals surface area contributed by atoms with Gasteiger partial charge in [0, 0.05) is 22.8 Å². The third kappa shape index (κ3) is 1.81. The van der Waals surface area contributed by atoms with E-state index in [2.05, 4.69) is 38.9 Å². The van der Waals surface area contributed by atoms with Crippen LogP contribution in [0.2, 0.25) is 0 Å². The third-order valence-electron chi connectivity index (χ3n) is 2.49. The van der Waals surface area contributed by atoms with Crippen molar-refractivity contribution < 1.29 is 0 Å². The first-order valence-electron chi connectivity index (χ1n) is 4.75. The first-order valence-corrected chi connectivity index (χ1v) is 5.87. The molecule has 0 aliphatic carbocycles. The second-order valence-electron chi connectivity index (χ2n) is 3.41. The summed E-state index contributed by atoms with van der Waals surface area (Å²) in [6, 6.07) is 4.01. The SMILES string of the molecule is Cc1ncn(-c2ncccc2CBr)c1C. The van der Waals surface area contributed by atoms with Gasteiger partial charge in [0.25, 0.3) is 0 Å². The molecule has 15 heavy (non-hydrogen) atoms. The lowest BCUT2D eigenvalue weighted by molar-refractivity contribution is 0.934. The molecule has 0 amide bonds. The number of pyridine rings is 1. The van der Waals surface area contributed by atoms with Crippen LogP contribution in [-0.2, 0) is 5.33 Å². The highest BCUT2D eigenvalue weighted by Crippen LogP contribution is 2.17. The molecule has 3 nitrogen and oxygen atoms in total. The quantitative estimate of drug-likeness (QED) is 0.782. The number of halogens is 1. The molecule has 0 radical (unpaired) electrons. The molecule has 2 heterocycles. The van der Waals surface area contributed by atoms with Crippen LogP contribution in [0.25, 0.3) is 5.82 Å². The Morgan fingerprint density at radius 1 is 1.33 bits per heavy atom. The van der Waals surface area contributed by atoms with E-state index in [1.807, 2.05) is 23.9 Å². The minimum Gasteiger partial charge on any atom is -0.287 e. The van der Waals surface area contributed by atoms with E-state index in [4.69, 9.17) is 0 Å². The molecule has 0 N–H and O–H groups in total. The van der Waals surface area contributed by atoms with E-state index in [1.165, 1.54) is 0 Å². The molecule has 0 bridgehead atoms. The third-order valence-corrected chi connectivity index (χ3v) is 3.10. The average Bonchev–Trinajstić information content (AvgIpc) is 2.60. The van der Waals surface area contributed by atoms with Gasteiger partial charge in [0.1, 0.15) is 12.1 Å². The molecular weight excluding hydrogens is 254 g/mol. The van der Waals surface area contributed by atoms with E-state index in [-0.39, 0.29) is 0 Å². The lowest BCUT2D eigenvalue weighted by atomic mass is 10.3. The van der Waals surface area contributed by atoms with Gasteiger partial charge < -0.3 is 0 Å². The van der Waals surface area contributed by atoms with E-state index in [0.29, 0.717) is 0 Å². The zero-order valence-corrected chi connectivity index (χ0v) is 10.3. The molecule has 0 unspecified atom stereocenters. The number of hydrogen-bond donors (Lipinski definition) is 0. The van der Waals surface area contributed by atoms with Crippen LogP contribution in [0.5, 0.6) is 0 Å². The Morgan fingerprint density at radius 2 is 2.13 bits per heavy atom. The van der Waals surface area contributed by atoms with Crippen molar-refractivity contribution in [3.05, 3.63) is 41.6 Å². The highest BCUT2D eigenvalue weighted by Gasteiger charge is 2.08. The van der Waals surface area contributed by atoms with E-state index in [0.717, 1.165) is 28.1 Å². The van der Waals surface area contributed by atoms with Crippen molar-refractivity contribution in [3.63, 3.8) is 0 Å². The van der Waals surface area contributed by atoms with Crippen molar-refractivity contribution in [2.24, 2.45) is 0 Å². The molecule has 0 saturated carbocycles. The summed E-state index contributed by atoms with van der Waals surface area (Å²) < 4.78 is 2.02. The zero-order valence-electron chi connectivity index (χ0n) is 8.74. The van der Waals surface area contributed by atoms with Crippen molar-refractivity contribution in [3.8, 4) is 5.82 Å². The van der Waals surface area contributed by atoms with Gasteiger partial charge in [0.2, 0.25) is 0 Å². The Balaban J connectivity index is 2.58. The number of rotatable bonds is 2. The molecule has 0 aliphatic rings. The van der Waals surface area contributed by atoms with Crippen LogP contribution in [0.1, 0.15) is 17.0 Å². The van der Waals surface area contributed by atoms with E-state index >= 15 is 0 Å². The van der Waals surface area contributed by atoms with Crippen LogP contribution in [0.4, 0.5) is 0 Å². The maximum Gasteiger partial charge on any atom is 0.142 e. The molecule has 0 saturated heterocycles. The predicted molar refractivity (Wildman–Crippen MR) is 63.5 cm³/mol. The van der Waals surface area contributed by atoms with Gasteiger partial charge in [-0.05, 0) is 19.9 Å². The summed E-state index contributed by atoms with van der Waals surface area (Å²) in [4.78, 5) is 8.66.